The van der Waals surface area contributed by atoms with Gasteiger partial charge in [-0.1, -0.05) is 23.7 Å². The second kappa shape index (κ2) is 10.3. The zero-order valence-electron chi connectivity index (χ0n) is 17.3. The van der Waals surface area contributed by atoms with Crippen LogP contribution in [0.2, 0.25) is 5.02 Å². The summed E-state index contributed by atoms with van der Waals surface area (Å²) >= 11 is 5.89. The van der Waals surface area contributed by atoms with Crippen LogP contribution in [0.15, 0.2) is 42.6 Å². The fourth-order valence-electron chi connectivity index (χ4n) is 3.23. The van der Waals surface area contributed by atoms with Crippen LogP contribution in [0.5, 0.6) is 0 Å². The van der Waals surface area contributed by atoms with E-state index in [2.05, 4.69) is 20.5 Å². The van der Waals surface area contributed by atoms with E-state index in [0.29, 0.717) is 31.2 Å². The van der Waals surface area contributed by atoms with E-state index < -0.39 is 0 Å². The molecule has 1 fully saturated rings. The lowest BCUT2D eigenvalue weighted by Crippen LogP contribution is -2.51. The van der Waals surface area contributed by atoms with Crippen molar-refractivity contribution in [1.82, 2.24) is 20.1 Å². The molecule has 1 aliphatic rings. The van der Waals surface area contributed by atoms with Crippen LogP contribution in [-0.2, 0) is 11.3 Å². The molecule has 2 aromatic rings. The molecule has 0 atom stereocenters. The first-order chi connectivity index (χ1) is 14.4. The van der Waals surface area contributed by atoms with Crippen LogP contribution in [0, 0.1) is 0 Å². The minimum atomic E-state index is -0.0965. The van der Waals surface area contributed by atoms with E-state index in [1.807, 2.05) is 55.4 Å². The first-order valence-electron chi connectivity index (χ1n) is 9.83. The summed E-state index contributed by atoms with van der Waals surface area (Å²) in [5, 5.41) is 6.43. The summed E-state index contributed by atoms with van der Waals surface area (Å²) in [5.74, 6) is 0.793. The molecule has 0 saturated carbocycles. The maximum Gasteiger partial charge on any atom is 0.317 e. The van der Waals surface area contributed by atoms with Crippen LogP contribution < -0.4 is 15.5 Å². The third-order valence-electron chi connectivity index (χ3n) is 4.72. The zero-order chi connectivity index (χ0) is 21.5. The highest BCUT2D eigenvalue weighted by molar-refractivity contribution is 6.30. The van der Waals surface area contributed by atoms with E-state index in [9.17, 15) is 9.59 Å². The fraction of sp³-hybridized carbons (Fsp3) is 0.381. The summed E-state index contributed by atoms with van der Waals surface area (Å²) in [5.41, 5.74) is 1.65. The van der Waals surface area contributed by atoms with Crippen molar-refractivity contribution in [2.24, 2.45) is 0 Å². The molecular formula is C21H27ClN6O2. The lowest BCUT2D eigenvalue weighted by molar-refractivity contribution is -0.116. The number of amides is 3. The standard InChI is InChI=1S/C21H27ClN6O2/c1-26(2)15-20(29)25-18-5-3-4-16(12-18)13-24-21(30)28-10-8-27(9-11-28)19-7-6-17(22)14-23-19/h3-7,12,14H,8-11,13,15H2,1-2H3,(H,24,30)(H,25,29). The number of urea groups is 1. The largest absolute Gasteiger partial charge is 0.353 e. The molecule has 160 valence electrons. The summed E-state index contributed by atoms with van der Waals surface area (Å²) in [4.78, 5) is 34.5. The first-order valence-corrected chi connectivity index (χ1v) is 10.2. The van der Waals surface area contributed by atoms with Gasteiger partial charge >= 0.3 is 6.03 Å². The van der Waals surface area contributed by atoms with Crippen LogP contribution in [0.4, 0.5) is 16.3 Å². The van der Waals surface area contributed by atoms with Crippen LogP contribution in [0.1, 0.15) is 5.56 Å². The lowest BCUT2D eigenvalue weighted by Gasteiger charge is -2.35. The average molecular weight is 431 g/mol. The van der Waals surface area contributed by atoms with Crippen molar-refractivity contribution in [1.29, 1.82) is 0 Å². The number of nitrogens with one attached hydrogen (secondary N) is 2. The summed E-state index contributed by atoms with van der Waals surface area (Å²) < 4.78 is 0. The number of rotatable bonds is 6. The Labute approximate surface area is 181 Å². The van der Waals surface area contributed by atoms with Crippen molar-refractivity contribution < 1.29 is 9.59 Å². The molecular weight excluding hydrogens is 404 g/mol. The van der Waals surface area contributed by atoms with Gasteiger partial charge in [0.25, 0.3) is 0 Å². The number of aromatic nitrogens is 1. The third-order valence-corrected chi connectivity index (χ3v) is 4.94. The number of carbonyl (C=O) groups excluding carboxylic acids is 2. The number of halogens is 1. The molecule has 9 heteroatoms. The maximum absolute atomic E-state index is 12.5. The van der Waals surface area contributed by atoms with Crippen LogP contribution in [0.25, 0.3) is 0 Å². The van der Waals surface area contributed by atoms with Gasteiger partial charge < -0.3 is 25.3 Å². The van der Waals surface area contributed by atoms with Crippen molar-refractivity contribution in [3.05, 3.63) is 53.2 Å². The predicted octanol–water partition coefficient (Wildman–Crippen LogP) is 2.27. The Kier molecular flexibility index (Phi) is 7.48. The summed E-state index contributed by atoms with van der Waals surface area (Å²) in [6.07, 6.45) is 1.63. The number of hydrogen-bond acceptors (Lipinski definition) is 5. The summed E-state index contributed by atoms with van der Waals surface area (Å²) in [7, 11) is 3.69. The minimum absolute atomic E-state index is 0.0748. The van der Waals surface area contributed by atoms with Gasteiger partial charge in [0, 0.05) is 44.6 Å². The topological polar surface area (TPSA) is 80.8 Å². The molecule has 2 N–H and O–H groups in total. The molecule has 1 aromatic carbocycles. The molecule has 3 amide bonds. The molecule has 1 saturated heterocycles. The Hall–Kier alpha value is -2.84. The van der Waals surface area contributed by atoms with E-state index in [1.54, 1.807) is 11.1 Å². The first kappa shape index (κ1) is 21.9. The quantitative estimate of drug-likeness (QED) is 0.734. The van der Waals surface area contributed by atoms with E-state index in [0.717, 1.165) is 30.2 Å². The van der Waals surface area contributed by atoms with Crippen molar-refractivity contribution in [2.45, 2.75) is 6.54 Å². The molecule has 1 aromatic heterocycles. The Morgan fingerprint density at radius 1 is 1.13 bits per heavy atom. The Morgan fingerprint density at radius 3 is 2.57 bits per heavy atom. The van der Waals surface area contributed by atoms with E-state index in [4.69, 9.17) is 11.6 Å². The molecule has 2 heterocycles. The van der Waals surface area contributed by atoms with Crippen molar-refractivity contribution >= 4 is 35.0 Å². The second-order valence-electron chi connectivity index (χ2n) is 7.45. The highest BCUT2D eigenvalue weighted by Crippen LogP contribution is 2.16. The molecule has 1 aliphatic heterocycles. The smallest absolute Gasteiger partial charge is 0.317 e. The molecule has 0 bridgehead atoms. The number of nitrogens with zero attached hydrogens (tertiary/aromatic N) is 4. The SMILES string of the molecule is CN(C)CC(=O)Nc1cccc(CNC(=O)N2CCN(c3ccc(Cl)cn3)CC2)c1. The highest BCUT2D eigenvalue weighted by Gasteiger charge is 2.21. The van der Waals surface area contributed by atoms with Gasteiger partial charge in [-0.05, 0) is 43.9 Å². The maximum atomic E-state index is 12.5. The molecule has 3 rings (SSSR count). The predicted molar refractivity (Wildman–Crippen MR) is 119 cm³/mol. The van der Waals surface area contributed by atoms with E-state index in [1.165, 1.54) is 0 Å². The highest BCUT2D eigenvalue weighted by atomic mass is 35.5. The minimum Gasteiger partial charge on any atom is -0.353 e. The number of hydrogen-bond donors (Lipinski definition) is 2. The van der Waals surface area contributed by atoms with Crippen molar-refractivity contribution in [3.8, 4) is 0 Å². The van der Waals surface area contributed by atoms with Gasteiger partial charge in [-0.25, -0.2) is 9.78 Å². The fourth-order valence-corrected chi connectivity index (χ4v) is 3.34. The van der Waals surface area contributed by atoms with Crippen molar-refractivity contribution in [2.75, 3.05) is 57.0 Å². The number of carbonyl (C=O) groups is 2. The van der Waals surface area contributed by atoms with Gasteiger partial charge in [0.1, 0.15) is 5.82 Å². The molecule has 0 aliphatic carbocycles. The molecule has 8 nitrogen and oxygen atoms in total. The van der Waals surface area contributed by atoms with Gasteiger partial charge in [0.15, 0.2) is 0 Å². The van der Waals surface area contributed by atoms with Crippen LogP contribution in [0.3, 0.4) is 0 Å². The second-order valence-corrected chi connectivity index (χ2v) is 7.89. The van der Waals surface area contributed by atoms with E-state index in [-0.39, 0.29) is 11.9 Å². The number of anilines is 2. The zero-order valence-corrected chi connectivity index (χ0v) is 18.0. The number of likely N-dealkylation sites (N-methyl/N-ethyl adjacent to an activating group) is 1. The van der Waals surface area contributed by atoms with Gasteiger partial charge in [-0.2, -0.15) is 0 Å². The van der Waals surface area contributed by atoms with Gasteiger partial charge in [-0.3, -0.25) is 4.79 Å². The van der Waals surface area contributed by atoms with Crippen LogP contribution in [-0.4, -0.2) is 73.5 Å². The third kappa shape index (κ3) is 6.33. The molecule has 30 heavy (non-hydrogen) atoms. The molecule has 0 unspecified atom stereocenters. The van der Waals surface area contributed by atoms with Gasteiger partial charge in [0.05, 0.1) is 11.6 Å². The van der Waals surface area contributed by atoms with Crippen LogP contribution >= 0.6 is 11.6 Å². The molecule has 0 spiro atoms. The average Bonchev–Trinajstić information content (AvgIpc) is 2.72. The van der Waals surface area contributed by atoms with Crippen molar-refractivity contribution in [3.63, 3.8) is 0 Å². The number of benzene rings is 1. The summed E-state index contributed by atoms with van der Waals surface area (Å²) in [6.45, 7) is 3.39. The monoisotopic (exact) mass is 430 g/mol. The molecule has 0 radical (unpaired) electrons. The van der Waals surface area contributed by atoms with E-state index >= 15 is 0 Å². The Bertz CT molecular complexity index is 866. The Balaban J connectivity index is 1.46. The number of pyridine rings is 1. The van der Waals surface area contributed by atoms with Gasteiger partial charge in [-0.15, -0.1) is 0 Å². The Morgan fingerprint density at radius 2 is 1.90 bits per heavy atom. The normalized spacial score (nSPS) is 14.0. The van der Waals surface area contributed by atoms with Gasteiger partial charge in [0.2, 0.25) is 5.91 Å². The lowest BCUT2D eigenvalue weighted by atomic mass is 10.2. The summed E-state index contributed by atoms with van der Waals surface area (Å²) in [6, 6.07) is 11.1. The number of piperazine rings is 1.